The minimum absolute atomic E-state index is 0.0162. The zero-order valence-electron chi connectivity index (χ0n) is 7.56. The van der Waals surface area contributed by atoms with E-state index in [0.717, 1.165) is 0 Å². The predicted molar refractivity (Wildman–Crippen MR) is 49.2 cm³/mol. The minimum Gasteiger partial charge on any atom is -0.480 e. The van der Waals surface area contributed by atoms with Gasteiger partial charge in [0.25, 0.3) is 0 Å². The van der Waals surface area contributed by atoms with Crippen molar-refractivity contribution in [3.05, 3.63) is 0 Å². The molecule has 0 saturated heterocycles. The fraction of sp³-hybridized carbons (Fsp3) is 0.857. The van der Waals surface area contributed by atoms with E-state index < -0.39 is 21.8 Å². The van der Waals surface area contributed by atoms with Gasteiger partial charge >= 0.3 is 5.97 Å². The first-order valence-electron chi connectivity index (χ1n) is 4.08. The van der Waals surface area contributed by atoms with Crippen LogP contribution in [0.1, 0.15) is 19.8 Å². The van der Waals surface area contributed by atoms with Gasteiger partial charge in [-0.05, 0) is 12.8 Å². The SMILES string of the molecule is CCCS(=O)(=O)CC[C@H](N)C(=O)O. The topological polar surface area (TPSA) is 97.5 Å². The summed E-state index contributed by atoms with van der Waals surface area (Å²) in [4.78, 5) is 10.3. The molecule has 3 N–H and O–H groups in total. The largest absolute Gasteiger partial charge is 0.480 e. The van der Waals surface area contributed by atoms with Gasteiger partial charge in [0.2, 0.25) is 0 Å². The Labute approximate surface area is 77.8 Å². The molecule has 0 aliphatic heterocycles. The number of carboxylic acids is 1. The second-order valence-electron chi connectivity index (χ2n) is 2.89. The van der Waals surface area contributed by atoms with Gasteiger partial charge in [-0.2, -0.15) is 0 Å². The third-order valence-electron chi connectivity index (χ3n) is 1.57. The van der Waals surface area contributed by atoms with E-state index in [1.165, 1.54) is 0 Å². The fourth-order valence-corrected chi connectivity index (χ4v) is 2.28. The van der Waals surface area contributed by atoms with Crippen molar-refractivity contribution in [1.29, 1.82) is 0 Å². The van der Waals surface area contributed by atoms with E-state index >= 15 is 0 Å². The molecule has 0 radical (unpaired) electrons. The quantitative estimate of drug-likeness (QED) is 0.621. The number of hydrogen-bond acceptors (Lipinski definition) is 4. The molecule has 5 nitrogen and oxygen atoms in total. The normalized spacial score (nSPS) is 14.0. The number of carbonyl (C=O) groups is 1. The van der Waals surface area contributed by atoms with Crippen LogP contribution in [0.5, 0.6) is 0 Å². The first-order chi connectivity index (χ1) is 5.89. The molecule has 0 fully saturated rings. The standard InChI is InChI=1S/C7H15NO4S/c1-2-4-13(11,12)5-3-6(8)7(9)10/h6H,2-5,8H2,1H3,(H,9,10)/t6-/m0/s1. The molecule has 0 spiro atoms. The van der Waals surface area contributed by atoms with E-state index in [-0.39, 0.29) is 17.9 Å². The molecule has 6 heteroatoms. The van der Waals surface area contributed by atoms with Crippen LogP contribution in [0.3, 0.4) is 0 Å². The van der Waals surface area contributed by atoms with Gasteiger partial charge in [0.1, 0.15) is 15.9 Å². The van der Waals surface area contributed by atoms with Crippen molar-refractivity contribution in [2.24, 2.45) is 5.73 Å². The number of nitrogens with two attached hydrogens (primary N) is 1. The van der Waals surface area contributed by atoms with E-state index in [4.69, 9.17) is 10.8 Å². The zero-order valence-corrected chi connectivity index (χ0v) is 8.38. The smallest absolute Gasteiger partial charge is 0.320 e. The molecule has 0 rings (SSSR count). The molecular weight excluding hydrogens is 194 g/mol. The van der Waals surface area contributed by atoms with E-state index in [1.807, 2.05) is 0 Å². The lowest BCUT2D eigenvalue weighted by Crippen LogP contribution is -2.32. The van der Waals surface area contributed by atoms with E-state index in [2.05, 4.69) is 0 Å². The Balaban J connectivity index is 3.95. The van der Waals surface area contributed by atoms with Crippen molar-refractivity contribution in [2.75, 3.05) is 11.5 Å². The number of aliphatic carboxylic acids is 1. The Hall–Kier alpha value is -0.620. The first kappa shape index (κ1) is 12.4. The number of sulfone groups is 1. The van der Waals surface area contributed by atoms with Crippen molar-refractivity contribution in [2.45, 2.75) is 25.8 Å². The van der Waals surface area contributed by atoms with Crippen LogP contribution in [-0.2, 0) is 14.6 Å². The van der Waals surface area contributed by atoms with E-state index in [0.29, 0.717) is 6.42 Å². The molecule has 0 aliphatic rings. The van der Waals surface area contributed by atoms with Crippen molar-refractivity contribution in [3.63, 3.8) is 0 Å². The summed E-state index contributed by atoms with van der Waals surface area (Å²) >= 11 is 0. The second-order valence-corrected chi connectivity index (χ2v) is 5.19. The highest BCUT2D eigenvalue weighted by atomic mass is 32.2. The number of hydrogen-bond donors (Lipinski definition) is 2. The van der Waals surface area contributed by atoms with Crippen LogP contribution in [-0.4, -0.2) is 37.0 Å². The lowest BCUT2D eigenvalue weighted by Gasteiger charge is -2.05. The van der Waals surface area contributed by atoms with Crippen LogP contribution in [0.4, 0.5) is 0 Å². The molecule has 0 aromatic carbocycles. The highest BCUT2D eigenvalue weighted by Crippen LogP contribution is 1.99. The second kappa shape index (κ2) is 5.18. The number of rotatable bonds is 6. The maximum Gasteiger partial charge on any atom is 0.320 e. The van der Waals surface area contributed by atoms with Gasteiger partial charge in [0.15, 0.2) is 0 Å². The molecular formula is C7H15NO4S. The van der Waals surface area contributed by atoms with Crippen LogP contribution in [0, 0.1) is 0 Å². The summed E-state index contributed by atoms with van der Waals surface area (Å²) in [5, 5.41) is 8.39. The predicted octanol–water partition coefficient (Wildman–Crippen LogP) is -0.387. The Morgan fingerprint density at radius 2 is 2.00 bits per heavy atom. The lowest BCUT2D eigenvalue weighted by molar-refractivity contribution is -0.138. The Morgan fingerprint density at radius 1 is 1.46 bits per heavy atom. The maximum absolute atomic E-state index is 11.1. The van der Waals surface area contributed by atoms with Gasteiger partial charge in [0, 0.05) is 5.75 Å². The van der Waals surface area contributed by atoms with Gasteiger partial charge in [0.05, 0.1) is 5.75 Å². The van der Waals surface area contributed by atoms with Gasteiger partial charge < -0.3 is 10.8 Å². The Bertz CT molecular complexity index is 260. The molecule has 78 valence electrons. The molecule has 1 atom stereocenters. The lowest BCUT2D eigenvalue weighted by atomic mass is 10.2. The summed E-state index contributed by atoms with van der Waals surface area (Å²) in [5.41, 5.74) is 5.16. The molecule has 0 heterocycles. The molecule has 13 heavy (non-hydrogen) atoms. The molecule has 0 bridgehead atoms. The van der Waals surface area contributed by atoms with Crippen LogP contribution >= 0.6 is 0 Å². The average molecular weight is 209 g/mol. The van der Waals surface area contributed by atoms with Gasteiger partial charge in [-0.25, -0.2) is 8.42 Å². The molecule has 0 aromatic rings. The number of carboxylic acid groups (broad SMARTS) is 1. The molecule has 0 aliphatic carbocycles. The summed E-state index contributed by atoms with van der Waals surface area (Å²) < 4.78 is 22.2. The average Bonchev–Trinajstić information content (AvgIpc) is 2.00. The fourth-order valence-electron chi connectivity index (χ4n) is 0.843. The van der Waals surface area contributed by atoms with Gasteiger partial charge in [-0.1, -0.05) is 6.92 Å². The van der Waals surface area contributed by atoms with Crippen molar-refractivity contribution in [3.8, 4) is 0 Å². The summed E-state index contributed by atoms with van der Waals surface area (Å²) in [6, 6.07) is -1.08. The van der Waals surface area contributed by atoms with Gasteiger partial charge in [-0.3, -0.25) is 4.79 Å². The van der Waals surface area contributed by atoms with Gasteiger partial charge in [-0.15, -0.1) is 0 Å². The van der Waals surface area contributed by atoms with Crippen LogP contribution in [0.15, 0.2) is 0 Å². The highest BCUT2D eigenvalue weighted by molar-refractivity contribution is 7.91. The summed E-state index contributed by atoms with van der Waals surface area (Å²) in [6.07, 6.45) is 0.530. The zero-order chi connectivity index (χ0) is 10.5. The third-order valence-corrected chi connectivity index (χ3v) is 3.46. The Kier molecular flexibility index (Phi) is 4.94. The minimum atomic E-state index is -3.10. The van der Waals surface area contributed by atoms with Crippen LogP contribution < -0.4 is 5.73 Å². The van der Waals surface area contributed by atoms with Crippen molar-refractivity contribution < 1.29 is 18.3 Å². The summed E-state index contributed by atoms with van der Waals surface area (Å²) in [6.45, 7) is 1.76. The van der Waals surface area contributed by atoms with Crippen molar-refractivity contribution >= 4 is 15.8 Å². The summed E-state index contributed by atoms with van der Waals surface area (Å²) in [5.74, 6) is -1.21. The van der Waals surface area contributed by atoms with E-state index in [1.54, 1.807) is 6.92 Å². The highest BCUT2D eigenvalue weighted by Gasteiger charge is 2.16. The van der Waals surface area contributed by atoms with E-state index in [9.17, 15) is 13.2 Å². The first-order valence-corrected chi connectivity index (χ1v) is 5.90. The monoisotopic (exact) mass is 209 g/mol. The molecule has 0 amide bonds. The molecule has 0 saturated carbocycles. The van der Waals surface area contributed by atoms with Crippen LogP contribution in [0.25, 0.3) is 0 Å². The third kappa shape index (κ3) is 5.59. The van der Waals surface area contributed by atoms with Crippen molar-refractivity contribution in [1.82, 2.24) is 0 Å². The molecule has 0 unspecified atom stereocenters. The maximum atomic E-state index is 11.1. The molecule has 0 aromatic heterocycles. The Morgan fingerprint density at radius 3 is 2.38 bits per heavy atom. The summed E-state index contributed by atoms with van der Waals surface area (Å²) in [7, 11) is -3.10. The van der Waals surface area contributed by atoms with Crippen LogP contribution in [0.2, 0.25) is 0 Å².